The fraction of sp³-hybridized carbons (Fsp3) is 0.267. The Morgan fingerprint density at radius 3 is 2.72 bits per heavy atom. The van der Waals surface area contributed by atoms with Crippen molar-refractivity contribution < 1.29 is 17.9 Å². The van der Waals surface area contributed by atoms with Crippen LogP contribution in [-0.2, 0) is 6.18 Å². The summed E-state index contributed by atoms with van der Waals surface area (Å²) in [7, 11) is 1.70. The lowest BCUT2D eigenvalue weighted by Gasteiger charge is -2.18. The SMILES string of the molecule is CN(CCOc1cccc(Cl)c1)c1ccc2nnc(C(F)(F)F)n2n1. The molecule has 132 valence electrons. The van der Waals surface area contributed by atoms with E-state index in [1.807, 2.05) is 0 Å². The van der Waals surface area contributed by atoms with Gasteiger partial charge in [0, 0.05) is 12.1 Å². The van der Waals surface area contributed by atoms with Gasteiger partial charge in [0.15, 0.2) is 5.65 Å². The van der Waals surface area contributed by atoms with E-state index in [4.69, 9.17) is 16.3 Å². The molecule has 0 spiro atoms. The molecule has 3 rings (SSSR count). The van der Waals surface area contributed by atoms with Crippen LogP contribution in [0.1, 0.15) is 5.82 Å². The van der Waals surface area contributed by atoms with Crippen LogP contribution < -0.4 is 9.64 Å². The van der Waals surface area contributed by atoms with Crippen LogP contribution in [0, 0.1) is 0 Å². The predicted octanol–water partition coefficient (Wildman–Crippen LogP) is 3.31. The summed E-state index contributed by atoms with van der Waals surface area (Å²) in [6.07, 6.45) is -4.63. The van der Waals surface area contributed by atoms with E-state index in [0.717, 1.165) is 0 Å². The molecule has 3 aromatic rings. The highest BCUT2D eigenvalue weighted by atomic mass is 35.5. The van der Waals surface area contributed by atoms with Crippen LogP contribution in [0.4, 0.5) is 19.0 Å². The van der Waals surface area contributed by atoms with Gasteiger partial charge in [-0.1, -0.05) is 17.7 Å². The third kappa shape index (κ3) is 3.93. The van der Waals surface area contributed by atoms with Crippen molar-refractivity contribution in [3.05, 3.63) is 47.2 Å². The Labute approximate surface area is 145 Å². The van der Waals surface area contributed by atoms with Crippen LogP contribution in [0.3, 0.4) is 0 Å². The molecule has 0 aliphatic carbocycles. The molecule has 10 heteroatoms. The summed E-state index contributed by atoms with van der Waals surface area (Å²) in [5, 5.41) is 11.1. The molecule has 0 aliphatic heterocycles. The summed E-state index contributed by atoms with van der Waals surface area (Å²) in [5.74, 6) is -0.206. The first-order chi connectivity index (χ1) is 11.8. The summed E-state index contributed by atoms with van der Waals surface area (Å²) in [6.45, 7) is 0.722. The van der Waals surface area contributed by atoms with Crippen LogP contribution in [-0.4, -0.2) is 40.0 Å². The van der Waals surface area contributed by atoms with Crippen LogP contribution in [0.15, 0.2) is 36.4 Å². The number of halogens is 4. The number of aromatic nitrogens is 4. The molecule has 0 fully saturated rings. The number of hydrogen-bond acceptors (Lipinski definition) is 5. The maximum absolute atomic E-state index is 12.9. The van der Waals surface area contributed by atoms with E-state index < -0.39 is 12.0 Å². The third-order valence-electron chi connectivity index (χ3n) is 3.38. The van der Waals surface area contributed by atoms with Gasteiger partial charge in [-0.2, -0.15) is 17.7 Å². The smallest absolute Gasteiger partial charge is 0.453 e. The van der Waals surface area contributed by atoms with Crippen LogP contribution in [0.25, 0.3) is 5.65 Å². The van der Waals surface area contributed by atoms with Gasteiger partial charge >= 0.3 is 6.18 Å². The molecule has 6 nitrogen and oxygen atoms in total. The fourth-order valence-corrected chi connectivity index (χ4v) is 2.31. The minimum atomic E-state index is -4.63. The molecule has 1 aromatic carbocycles. The fourth-order valence-electron chi connectivity index (χ4n) is 2.13. The monoisotopic (exact) mass is 371 g/mol. The van der Waals surface area contributed by atoms with Gasteiger partial charge in [-0.25, -0.2) is 0 Å². The molecule has 0 radical (unpaired) electrons. The van der Waals surface area contributed by atoms with E-state index in [1.54, 1.807) is 42.3 Å². The Bertz CT molecular complexity index is 883. The molecule has 0 bridgehead atoms. The highest BCUT2D eigenvalue weighted by Crippen LogP contribution is 2.27. The Kier molecular flexibility index (Phi) is 4.67. The lowest BCUT2D eigenvalue weighted by Crippen LogP contribution is -2.25. The zero-order valence-corrected chi connectivity index (χ0v) is 13.8. The van der Waals surface area contributed by atoms with E-state index in [0.29, 0.717) is 34.3 Å². The number of nitrogens with zero attached hydrogens (tertiary/aromatic N) is 5. The van der Waals surface area contributed by atoms with Gasteiger partial charge < -0.3 is 9.64 Å². The number of benzene rings is 1. The third-order valence-corrected chi connectivity index (χ3v) is 3.62. The first-order valence-electron chi connectivity index (χ1n) is 7.24. The largest absolute Gasteiger partial charge is 0.492 e. The topological polar surface area (TPSA) is 55.5 Å². The van der Waals surface area contributed by atoms with Crippen LogP contribution >= 0.6 is 11.6 Å². The number of anilines is 1. The van der Waals surface area contributed by atoms with E-state index in [-0.39, 0.29) is 5.65 Å². The second-order valence-corrected chi connectivity index (χ2v) is 5.65. The van der Waals surface area contributed by atoms with Crippen molar-refractivity contribution in [2.75, 3.05) is 25.1 Å². The minimum absolute atomic E-state index is 0.0275. The van der Waals surface area contributed by atoms with Crippen LogP contribution in [0.5, 0.6) is 5.75 Å². The molecule has 0 saturated heterocycles. The number of alkyl halides is 3. The normalized spacial score (nSPS) is 11.7. The molecule has 2 aromatic heterocycles. The summed E-state index contributed by atoms with van der Waals surface area (Å²) in [6, 6.07) is 9.95. The number of rotatable bonds is 5. The molecular formula is C15H13ClF3N5O. The maximum Gasteiger partial charge on any atom is 0.453 e. The molecule has 25 heavy (non-hydrogen) atoms. The van der Waals surface area contributed by atoms with Gasteiger partial charge in [0.25, 0.3) is 5.82 Å². The maximum atomic E-state index is 12.9. The highest BCUT2D eigenvalue weighted by molar-refractivity contribution is 6.30. The van der Waals surface area contributed by atoms with Crippen molar-refractivity contribution in [3.8, 4) is 5.75 Å². The molecule has 2 heterocycles. The summed E-state index contributed by atoms with van der Waals surface area (Å²) in [4.78, 5) is 1.67. The number of fused-ring (bicyclic) bond motifs is 1. The van der Waals surface area contributed by atoms with Gasteiger partial charge in [0.2, 0.25) is 0 Å². The van der Waals surface area contributed by atoms with Gasteiger partial charge in [0.1, 0.15) is 18.2 Å². The first kappa shape index (κ1) is 17.3. The minimum Gasteiger partial charge on any atom is -0.492 e. The second-order valence-electron chi connectivity index (χ2n) is 5.21. The average Bonchev–Trinajstić information content (AvgIpc) is 2.98. The van der Waals surface area contributed by atoms with Crippen molar-refractivity contribution in [1.29, 1.82) is 0 Å². The van der Waals surface area contributed by atoms with Gasteiger partial charge in [-0.15, -0.1) is 15.3 Å². The Balaban J connectivity index is 1.70. The summed E-state index contributed by atoms with van der Waals surface area (Å²) < 4.78 is 44.9. The Hall–Kier alpha value is -2.55. The van der Waals surface area contributed by atoms with Crippen molar-refractivity contribution in [2.45, 2.75) is 6.18 Å². The first-order valence-corrected chi connectivity index (χ1v) is 7.61. The van der Waals surface area contributed by atoms with Gasteiger partial charge in [-0.3, -0.25) is 0 Å². The van der Waals surface area contributed by atoms with E-state index in [2.05, 4.69) is 15.3 Å². The number of ether oxygens (including phenoxy) is 1. The molecule has 0 amide bonds. The van der Waals surface area contributed by atoms with Crippen molar-refractivity contribution in [2.24, 2.45) is 0 Å². The second kappa shape index (κ2) is 6.75. The lowest BCUT2D eigenvalue weighted by molar-refractivity contribution is -0.146. The zero-order chi connectivity index (χ0) is 18.0. The van der Waals surface area contributed by atoms with Crippen LogP contribution in [0.2, 0.25) is 5.02 Å². The van der Waals surface area contributed by atoms with Crippen molar-refractivity contribution >= 4 is 23.1 Å². The molecule has 0 aliphatic rings. The Morgan fingerprint density at radius 2 is 2.00 bits per heavy atom. The average molecular weight is 372 g/mol. The quantitative estimate of drug-likeness (QED) is 0.688. The molecule has 0 atom stereocenters. The number of hydrogen-bond donors (Lipinski definition) is 0. The summed E-state index contributed by atoms with van der Waals surface area (Å²) >= 11 is 5.87. The van der Waals surface area contributed by atoms with Crippen molar-refractivity contribution in [1.82, 2.24) is 19.8 Å². The van der Waals surface area contributed by atoms with E-state index in [1.165, 1.54) is 6.07 Å². The molecular weight excluding hydrogens is 359 g/mol. The highest BCUT2D eigenvalue weighted by Gasteiger charge is 2.37. The lowest BCUT2D eigenvalue weighted by atomic mass is 10.3. The number of likely N-dealkylation sites (N-methyl/N-ethyl adjacent to an activating group) is 1. The molecule has 0 saturated carbocycles. The Morgan fingerprint density at radius 1 is 1.20 bits per heavy atom. The van der Waals surface area contributed by atoms with E-state index in [9.17, 15) is 13.2 Å². The molecule has 0 unspecified atom stereocenters. The van der Waals surface area contributed by atoms with Gasteiger partial charge in [-0.05, 0) is 30.3 Å². The summed E-state index contributed by atoms with van der Waals surface area (Å²) in [5.41, 5.74) is 0.0275. The van der Waals surface area contributed by atoms with Gasteiger partial charge in [0.05, 0.1) is 6.54 Å². The predicted molar refractivity (Wildman–Crippen MR) is 86.0 cm³/mol. The van der Waals surface area contributed by atoms with E-state index >= 15 is 0 Å². The zero-order valence-electron chi connectivity index (χ0n) is 13.0. The molecule has 0 N–H and O–H groups in total. The van der Waals surface area contributed by atoms with Crippen molar-refractivity contribution in [3.63, 3.8) is 0 Å². The standard InChI is InChI=1S/C15H13ClF3N5O/c1-23(7-8-25-11-4-2-3-10(16)9-11)13-6-5-12-20-21-14(15(17,18)19)24(12)22-13/h2-6,9H,7-8H2,1H3.